The molecule has 1 saturated carbocycles. The highest BCUT2D eigenvalue weighted by molar-refractivity contribution is 5.93. The maximum absolute atomic E-state index is 12.0. The van der Waals surface area contributed by atoms with Crippen LogP contribution in [0.15, 0.2) is 18.3 Å². The summed E-state index contributed by atoms with van der Waals surface area (Å²) in [6.07, 6.45) is 3.93. The summed E-state index contributed by atoms with van der Waals surface area (Å²) in [5.74, 6) is 5.73. The number of nitrogens with two attached hydrogens (primary N) is 1. The molecule has 0 unspecified atom stereocenters. The molecule has 1 aromatic rings. The molecule has 1 fully saturated rings. The van der Waals surface area contributed by atoms with E-state index in [2.05, 4.69) is 15.7 Å². The molecule has 0 aromatic carbocycles. The second-order valence-corrected chi connectivity index (χ2v) is 5.02. The minimum absolute atomic E-state index is 0.154. The van der Waals surface area contributed by atoms with E-state index in [1.165, 1.54) is 12.8 Å². The van der Waals surface area contributed by atoms with Crippen LogP contribution in [0.25, 0.3) is 0 Å². The fourth-order valence-electron chi connectivity index (χ4n) is 1.91. The van der Waals surface area contributed by atoms with Crippen LogP contribution in [0.1, 0.15) is 37.2 Å². The lowest BCUT2D eigenvalue weighted by atomic mass is 9.98. The van der Waals surface area contributed by atoms with E-state index in [1.54, 1.807) is 18.3 Å². The number of hydrogen-bond acceptors (Lipinski definition) is 4. The van der Waals surface area contributed by atoms with Crippen molar-refractivity contribution in [3.05, 3.63) is 24.0 Å². The Kier molecular flexibility index (Phi) is 3.02. The van der Waals surface area contributed by atoms with Gasteiger partial charge in [0, 0.05) is 11.7 Å². The smallest absolute Gasteiger partial charge is 0.270 e. The van der Waals surface area contributed by atoms with Gasteiger partial charge in [0.25, 0.3) is 5.91 Å². The summed E-state index contributed by atoms with van der Waals surface area (Å²) in [5, 5.41) is 3.02. The van der Waals surface area contributed by atoms with Crippen molar-refractivity contribution in [1.29, 1.82) is 0 Å². The molecule has 0 bridgehead atoms. The quantitative estimate of drug-likeness (QED) is 0.541. The van der Waals surface area contributed by atoms with E-state index in [9.17, 15) is 4.79 Å². The lowest BCUT2D eigenvalue weighted by Crippen LogP contribution is -2.45. The van der Waals surface area contributed by atoms with Crippen LogP contribution in [0.2, 0.25) is 0 Å². The predicted molar refractivity (Wildman–Crippen MR) is 66.3 cm³/mol. The van der Waals surface area contributed by atoms with Crippen molar-refractivity contribution in [2.45, 2.75) is 32.2 Å². The van der Waals surface area contributed by atoms with Crippen molar-refractivity contribution < 1.29 is 4.79 Å². The molecule has 17 heavy (non-hydrogen) atoms. The van der Waals surface area contributed by atoms with Gasteiger partial charge in [0.05, 0.1) is 5.69 Å². The zero-order chi connectivity index (χ0) is 12.5. The average molecular weight is 234 g/mol. The van der Waals surface area contributed by atoms with Crippen LogP contribution in [0.4, 0.5) is 5.69 Å². The normalized spacial score (nSPS) is 15.5. The van der Waals surface area contributed by atoms with E-state index < -0.39 is 0 Å². The van der Waals surface area contributed by atoms with Crippen molar-refractivity contribution in [2.24, 2.45) is 11.8 Å². The number of carbonyl (C=O) groups excluding carboxylic acids is 1. The summed E-state index contributed by atoms with van der Waals surface area (Å²) < 4.78 is 0. The van der Waals surface area contributed by atoms with Crippen LogP contribution in [0, 0.1) is 5.92 Å². The zero-order valence-corrected chi connectivity index (χ0v) is 10.2. The number of nitrogen functional groups attached to an aromatic ring is 1. The number of carbonyl (C=O) groups is 1. The Balaban J connectivity index is 2.08. The van der Waals surface area contributed by atoms with Crippen LogP contribution < -0.4 is 16.6 Å². The molecule has 1 aliphatic rings. The van der Waals surface area contributed by atoms with Crippen LogP contribution >= 0.6 is 0 Å². The van der Waals surface area contributed by atoms with Gasteiger partial charge in [-0.15, -0.1) is 0 Å². The fourth-order valence-corrected chi connectivity index (χ4v) is 1.91. The largest absolute Gasteiger partial charge is 0.346 e. The SMILES string of the molecule is CC(C)(NC(=O)c1cc(NN)ccn1)C1CC1. The van der Waals surface area contributed by atoms with Crippen molar-refractivity contribution in [3.8, 4) is 0 Å². The Labute approximate surface area is 101 Å². The van der Waals surface area contributed by atoms with E-state index >= 15 is 0 Å². The summed E-state index contributed by atoms with van der Waals surface area (Å²) >= 11 is 0. The standard InChI is InChI=1S/C12H18N4O/c1-12(2,8-3-4-8)15-11(17)10-7-9(16-13)5-6-14-10/h5-8H,3-4,13H2,1-2H3,(H,14,16)(H,15,17). The van der Waals surface area contributed by atoms with Gasteiger partial charge in [0.15, 0.2) is 0 Å². The number of nitrogens with one attached hydrogen (secondary N) is 2. The molecule has 1 heterocycles. The molecule has 5 nitrogen and oxygen atoms in total. The van der Waals surface area contributed by atoms with Gasteiger partial charge in [-0.25, -0.2) is 0 Å². The molecule has 1 amide bonds. The Morgan fingerprint density at radius 1 is 1.53 bits per heavy atom. The molecule has 1 aliphatic carbocycles. The predicted octanol–water partition coefficient (Wildman–Crippen LogP) is 1.29. The molecule has 5 heteroatoms. The Morgan fingerprint density at radius 3 is 2.82 bits per heavy atom. The van der Waals surface area contributed by atoms with Crippen molar-refractivity contribution in [3.63, 3.8) is 0 Å². The van der Waals surface area contributed by atoms with Gasteiger partial charge >= 0.3 is 0 Å². The summed E-state index contributed by atoms with van der Waals surface area (Å²) in [7, 11) is 0. The van der Waals surface area contributed by atoms with Crippen molar-refractivity contribution >= 4 is 11.6 Å². The molecule has 92 valence electrons. The molecule has 0 aliphatic heterocycles. The third kappa shape index (κ3) is 2.74. The minimum atomic E-state index is -0.162. The van der Waals surface area contributed by atoms with E-state index in [1.807, 2.05) is 13.8 Å². The first-order chi connectivity index (χ1) is 8.03. The van der Waals surface area contributed by atoms with Gasteiger partial charge in [-0.1, -0.05) is 0 Å². The van der Waals surface area contributed by atoms with Crippen LogP contribution in [-0.2, 0) is 0 Å². The molecular formula is C12H18N4O. The number of hydrazine groups is 1. The monoisotopic (exact) mass is 234 g/mol. The summed E-state index contributed by atoms with van der Waals surface area (Å²) in [5.41, 5.74) is 3.40. The molecular weight excluding hydrogens is 216 g/mol. The maximum Gasteiger partial charge on any atom is 0.270 e. The topological polar surface area (TPSA) is 80.0 Å². The number of hydrogen-bond donors (Lipinski definition) is 3. The number of aromatic nitrogens is 1. The van der Waals surface area contributed by atoms with Crippen LogP contribution in [0.3, 0.4) is 0 Å². The van der Waals surface area contributed by atoms with Gasteiger partial charge in [0.1, 0.15) is 5.69 Å². The minimum Gasteiger partial charge on any atom is -0.346 e. The fraction of sp³-hybridized carbons (Fsp3) is 0.500. The first-order valence-corrected chi connectivity index (χ1v) is 5.78. The van der Waals surface area contributed by atoms with Gasteiger partial charge < -0.3 is 10.7 Å². The number of anilines is 1. The summed E-state index contributed by atoms with van der Waals surface area (Å²) in [6, 6.07) is 3.35. The highest BCUT2D eigenvalue weighted by atomic mass is 16.2. The molecule has 0 atom stereocenters. The molecule has 0 radical (unpaired) electrons. The number of amides is 1. The third-order valence-corrected chi connectivity index (χ3v) is 3.19. The molecule has 4 N–H and O–H groups in total. The number of rotatable bonds is 4. The van der Waals surface area contributed by atoms with Gasteiger partial charge in [-0.3, -0.25) is 15.6 Å². The zero-order valence-electron chi connectivity index (χ0n) is 10.2. The second kappa shape index (κ2) is 4.33. The maximum atomic E-state index is 12.0. The molecule has 2 rings (SSSR count). The van der Waals surface area contributed by atoms with E-state index in [0.29, 0.717) is 17.3 Å². The first-order valence-electron chi connectivity index (χ1n) is 5.78. The van der Waals surface area contributed by atoms with Crippen LogP contribution in [0.5, 0.6) is 0 Å². The van der Waals surface area contributed by atoms with Gasteiger partial charge in [0.2, 0.25) is 0 Å². The lowest BCUT2D eigenvalue weighted by molar-refractivity contribution is 0.0898. The second-order valence-electron chi connectivity index (χ2n) is 5.02. The molecule has 0 spiro atoms. The van der Waals surface area contributed by atoms with Crippen molar-refractivity contribution in [2.75, 3.05) is 5.43 Å². The summed E-state index contributed by atoms with van der Waals surface area (Å²) in [6.45, 7) is 4.10. The lowest BCUT2D eigenvalue weighted by Gasteiger charge is -2.25. The number of nitrogens with zero attached hydrogens (tertiary/aromatic N) is 1. The van der Waals surface area contributed by atoms with Gasteiger partial charge in [-0.05, 0) is 44.7 Å². The first kappa shape index (κ1) is 11.9. The average Bonchev–Trinajstić information content (AvgIpc) is 3.12. The van der Waals surface area contributed by atoms with Gasteiger partial charge in [-0.2, -0.15) is 0 Å². The Bertz CT molecular complexity index is 426. The summed E-state index contributed by atoms with van der Waals surface area (Å²) in [4.78, 5) is 16.1. The number of pyridine rings is 1. The molecule has 1 aromatic heterocycles. The highest BCUT2D eigenvalue weighted by Crippen LogP contribution is 2.39. The molecule has 0 saturated heterocycles. The van der Waals surface area contributed by atoms with Crippen LogP contribution in [-0.4, -0.2) is 16.4 Å². The van der Waals surface area contributed by atoms with Crippen molar-refractivity contribution in [1.82, 2.24) is 10.3 Å². The highest BCUT2D eigenvalue weighted by Gasteiger charge is 2.38. The third-order valence-electron chi connectivity index (χ3n) is 3.19. The van der Waals surface area contributed by atoms with E-state index in [-0.39, 0.29) is 11.4 Å². The Hall–Kier alpha value is -1.62. The Morgan fingerprint density at radius 2 is 2.24 bits per heavy atom. The van der Waals surface area contributed by atoms with E-state index in [0.717, 1.165) is 0 Å². The van der Waals surface area contributed by atoms with E-state index in [4.69, 9.17) is 5.84 Å².